The number of nitriles is 1. The highest BCUT2D eigenvalue weighted by atomic mass is 15.1. The lowest BCUT2D eigenvalue weighted by molar-refractivity contribution is 0.284. The van der Waals surface area contributed by atoms with Crippen LogP contribution in [0.2, 0.25) is 0 Å². The zero-order valence-corrected chi connectivity index (χ0v) is 9.94. The van der Waals surface area contributed by atoms with Crippen LogP contribution >= 0.6 is 0 Å². The highest BCUT2D eigenvalue weighted by Gasteiger charge is 2.02. The summed E-state index contributed by atoms with van der Waals surface area (Å²) in [5.41, 5.74) is 0.338. The van der Waals surface area contributed by atoms with E-state index in [-0.39, 0.29) is 0 Å². The summed E-state index contributed by atoms with van der Waals surface area (Å²) in [7, 11) is 2.08. The molecule has 5 nitrogen and oxygen atoms in total. The number of hydrogen-bond acceptors (Lipinski definition) is 5. The van der Waals surface area contributed by atoms with E-state index in [9.17, 15) is 0 Å². The fourth-order valence-electron chi connectivity index (χ4n) is 1.10. The molecule has 0 unspecified atom stereocenters. The molecule has 0 fully saturated rings. The Balaban J connectivity index is 2.35. The molecule has 0 aliphatic carbocycles. The van der Waals surface area contributed by atoms with Crippen LogP contribution in [0.3, 0.4) is 0 Å². The van der Waals surface area contributed by atoms with E-state index < -0.39 is 0 Å². The largest absolute Gasteiger partial charge is 0.368 e. The van der Waals surface area contributed by atoms with Crippen molar-refractivity contribution in [2.45, 2.75) is 19.9 Å². The molecule has 0 radical (unpaired) electrons. The third-order valence-corrected chi connectivity index (χ3v) is 2.42. The summed E-state index contributed by atoms with van der Waals surface area (Å²) in [5.74, 6) is 0.705. The van der Waals surface area contributed by atoms with Crippen molar-refractivity contribution >= 4 is 5.82 Å². The molecule has 0 amide bonds. The standard InChI is InChI=1S/C11H17N5/c1-9(2)16(3)5-4-13-11-8-14-10(6-12)7-15-11/h7-9H,4-5H2,1-3H3,(H,13,15). The highest BCUT2D eigenvalue weighted by Crippen LogP contribution is 2.00. The topological polar surface area (TPSA) is 64.8 Å². The molecular weight excluding hydrogens is 202 g/mol. The van der Waals surface area contributed by atoms with E-state index in [1.807, 2.05) is 6.07 Å². The quantitative estimate of drug-likeness (QED) is 0.803. The minimum Gasteiger partial charge on any atom is -0.368 e. The lowest BCUT2D eigenvalue weighted by Gasteiger charge is -2.20. The molecule has 86 valence electrons. The molecule has 5 heteroatoms. The van der Waals surface area contributed by atoms with Gasteiger partial charge in [-0.05, 0) is 20.9 Å². The fourth-order valence-corrected chi connectivity index (χ4v) is 1.10. The zero-order chi connectivity index (χ0) is 12.0. The van der Waals surface area contributed by atoms with Gasteiger partial charge in [-0.3, -0.25) is 0 Å². The zero-order valence-electron chi connectivity index (χ0n) is 9.94. The molecular formula is C11H17N5. The molecule has 1 rings (SSSR count). The molecule has 0 atom stereocenters. The van der Waals surface area contributed by atoms with Gasteiger partial charge in [0.25, 0.3) is 0 Å². The van der Waals surface area contributed by atoms with E-state index in [4.69, 9.17) is 5.26 Å². The lowest BCUT2D eigenvalue weighted by Crippen LogP contribution is -2.31. The maximum Gasteiger partial charge on any atom is 0.158 e. The van der Waals surface area contributed by atoms with Crippen molar-refractivity contribution in [1.29, 1.82) is 5.26 Å². The first-order valence-corrected chi connectivity index (χ1v) is 5.29. The summed E-state index contributed by atoms with van der Waals surface area (Å²) in [6.07, 6.45) is 3.04. The third kappa shape index (κ3) is 3.83. The van der Waals surface area contributed by atoms with Crippen molar-refractivity contribution in [2.24, 2.45) is 0 Å². The van der Waals surface area contributed by atoms with E-state index in [1.54, 1.807) is 6.20 Å². The molecule has 0 spiro atoms. The Morgan fingerprint density at radius 1 is 1.44 bits per heavy atom. The number of nitrogens with zero attached hydrogens (tertiary/aromatic N) is 4. The number of nitrogens with one attached hydrogen (secondary N) is 1. The summed E-state index contributed by atoms with van der Waals surface area (Å²) >= 11 is 0. The molecule has 1 heterocycles. The molecule has 1 N–H and O–H groups in total. The molecule has 0 aliphatic rings. The van der Waals surface area contributed by atoms with Crippen LogP contribution in [0.1, 0.15) is 19.5 Å². The van der Waals surface area contributed by atoms with Gasteiger partial charge >= 0.3 is 0 Å². The molecule has 0 aliphatic heterocycles. The van der Waals surface area contributed by atoms with Gasteiger partial charge in [-0.2, -0.15) is 5.26 Å². The van der Waals surface area contributed by atoms with Crippen LogP contribution in [0.25, 0.3) is 0 Å². The number of rotatable bonds is 5. The van der Waals surface area contributed by atoms with Crippen LogP contribution in [-0.2, 0) is 0 Å². The van der Waals surface area contributed by atoms with Crippen molar-refractivity contribution in [1.82, 2.24) is 14.9 Å². The first-order chi connectivity index (χ1) is 7.63. The second kappa shape index (κ2) is 6.03. The summed E-state index contributed by atoms with van der Waals surface area (Å²) < 4.78 is 0. The minimum absolute atomic E-state index is 0.338. The van der Waals surface area contributed by atoms with Gasteiger partial charge in [0.15, 0.2) is 5.69 Å². The Kier molecular flexibility index (Phi) is 4.67. The second-order valence-corrected chi connectivity index (χ2v) is 3.90. The van der Waals surface area contributed by atoms with Crippen molar-refractivity contribution in [3.05, 3.63) is 18.1 Å². The highest BCUT2D eigenvalue weighted by molar-refractivity contribution is 5.32. The lowest BCUT2D eigenvalue weighted by atomic mass is 10.3. The molecule has 0 bridgehead atoms. The van der Waals surface area contributed by atoms with Gasteiger partial charge in [0.05, 0.1) is 12.4 Å². The van der Waals surface area contributed by atoms with Gasteiger partial charge in [0.2, 0.25) is 0 Å². The summed E-state index contributed by atoms with van der Waals surface area (Å²) in [4.78, 5) is 10.2. The van der Waals surface area contributed by atoms with E-state index in [1.165, 1.54) is 6.20 Å². The Morgan fingerprint density at radius 2 is 2.19 bits per heavy atom. The van der Waals surface area contributed by atoms with E-state index >= 15 is 0 Å². The molecule has 0 aromatic carbocycles. The predicted octanol–water partition coefficient (Wildman–Crippen LogP) is 1.10. The predicted molar refractivity (Wildman–Crippen MR) is 63.0 cm³/mol. The van der Waals surface area contributed by atoms with Crippen LogP contribution in [0, 0.1) is 11.3 Å². The Bertz CT molecular complexity index is 352. The maximum atomic E-state index is 8.56. The van der Waals surface area contributed by atoms with Crippen LogP contribution in [0.15, 0.2) is 12.4 Å². The average molecular weight is 219 g/mol. The van der Waals surface area contributed by atoms with Crippen LogP contribution < -0.4 is 5.32 Å². The number of anilines is 1. The van der Waals surface area contributed by atoms with E-state index in [0.29, 0.717) is 17.6 Å². The molecule has 1 aromatic heterocycles. The van der Waals surface area contributed by atoms with Crippen molar-refractivity contribution < 1.29 is 0 Å². The molecule has 1 aromatic rings. The Morgan fingerprint density at radius 3 is 2.69 bits per heavy atom. The van der Waals surface area contributed by atoms with Crippen molar-refractivity contribution in [2.75, 3.05) is 25.5 Å². The molecule has 0 saturated heterocycles. The third-order valence-electron chi connectivity index (χ3n) is 2.42. The normalized spacial score (nSPS) is 10.5. The summed E-state index contributed by atoms with van der Waals surface area (Å²) in [6, 6.07) is 2.47. The number of hydrogen-bond donors (Lipinski definition) is 1. The second-order valence-electron chi connectivity index (χ2n) is 3.90. The number of likely N-dealkylation sites (N-methyl/N-ethyl adjacent to an activating group) is 1. The monoisotopic (exact) mass is 219 g/mol. The van der Waals surface area contributed by atoms with Crippen LogP contribution in [0.4, 0.5) is 5.82 Å². The summed E-state index contributed by atoms with van der Waals surface area (Å²) in [5, 5.41) is 11.7. The van der Waals surface area contributed by atoms with E-state index in [2.05, 4.69) is 41.1 Å². The average Bonchev–Trinajstić information content (AvgIpc) is 2.29. The first kappa shape index (κ1) is 12.4. The first-order valence-electron chi connectivity index (χ1n) is 5.29. The fraction of sp³-hybridized carbons (Fsp3) is 0.545. The van der Waals surface area contributed by atoms with Gasteiger partial charge in [0.1, 0.15) is 11.9 Å². The van der Waals surface area contributed by atoms with Crippen LogP contribution in [-0.4, -0.2) is 41.0 Å². The smallest absolute Gasteiger partial charge is 0.158 e. The van der Waals surface area contributed by atoms with Gasteiger partial charge in [-0.1, -0.05) is 0 Å². The van der Waals surface area contributed by atoms with Gasteiger partial charge in [-0.15, -0.1) is 0 Å². The van der Waals surface area contributed by atoms with E-state index in [0.717, 1.165) is 13.1 Å². The molecule has 0 saturated carbocycles. The summed E-state index contributed by atoms with van der Waals surface area (Å²) in [6.45, 7) is 6.07. The van der Waals surface area contributed by atoms with Gasteiger partial charge in [0, 0.05) is 19.1 Å². The van der Waals surface area contributed by atoms with Gasteiger partial charge in [-0.25, -0.2) is 9.97 Å². The van der Waals surface area contributed by atoms with Gasteiger partial charge < -0.3 is 10.2 Å². The maximum absolute atomic E-state index is 8.56. The Labute approximate surface area is 96.1 Å². The van der Waals surface area contributed by atoms with Crippen molar-refractivity contribution in [3.8, 4) is 6.07 Å². The molecule has 16 heavy (non-hydrogen) atoms. The van der Waals surface area contributed by atoms with Crippen LogP contribution in [0.5, 0.6) is 0 Å². The SMILES string of the molecule is CC(C)N(C)CCNc1cnc(C#N)cn1. The Hall–Kier alpha value is -1.67. The minimum atomic E-state index is 0.338. The van der Waals surface area contributed by atoms with Crippen molar-refractivity contribution in [3.63, 3.8) is 0 Å². The number of aromatic nitrogens is 2.